The molecule has 4 fully saturated rings. The number of likely N-dealkylation sites (tertiary alicyclic amines) is 1. The summed E-state index contributed by atoms with van der Waals surface area (Å²) in [5.41, 5.74) is 5.29. The van der Waals surface area contributed by atoms with Crippen molar-refractivity contribution in [2.24, 2.45) is 5.41 Å². The predicted octanol–water partition coefficient (Wildman–Crippen LogP) is 5.92. The molecule has 3 saturated heterocycles. The molecule has 4 aromatic rings. The Labute approximate surface area is 267 Å². The lowest BCUT2D eigenvalue weighted by Crippen LogP contribution is -2.51. The van der Waals surface area contributed by atoms with Crippen molar-refractivity contribution in [2.75, 3.05) is 50.0 Å². The third kappa shape index (κ3) is 4.93. The molecule has 13 heteroatoms. The Morgan fingerprint density at radius 2 is 1.87 bits per heavy atom. The van der Waals surface area contributed by atoms with Crippen molar-refractivity contribution < 1.29 is 22.3 Å². The van der Waals surface area contributed by atoms with E-state index in [1.807, 2.05) is 11.0 Å². The molecular weight excluding hydrogens is 618 g/mol. The summed E-state index contributed by atoms with van der Waals surface area (Å²) in [6.07, 6.45) is 4.63. The van der Waals surface area contributed by atoms with E-state index in [-0.39, 0.29) is 60.6 Å². The number of rotatable bonds is 7. The number of piperazine rings is 1. The number of benzene rings is 2. The van der Waals surface area contributed by atoms with Crippen LogP contribution in [0, 0.1) is 34.2 Å². The van der Waals surface area contributed by atoms with Crippen LogP contribution >= 0.6 is 11.3 Å². The van der Waals surface area contributed by atoms with Gasteiger partial charge in [0.1, 0.15) is 40.2 Å². The molecule has 0 amide bonds. The highest BCUT2D eigenvalue weighted by atomic mass is 32.1. The third-order valence-electron chi connectivity index (χ3n) is 10.3. The molecule has 46 heavy (non-hydrogen) atoms. The van der Waals surface area contributed by atoms with Crippen molar-refractivity contribution in [3.05, 3.63) is 41.2 Å². The van der Waals surface area contributed by atoms with Gasteiger partial charge >= 0.3 is 6.01 Å². The summed E-state index contributed by atoms with van der Waals surface area (Å²) in [7, 11) is 0. The van der Waals surface area contributed by atoms with Crippen molar-refractivity contribution in [1.82, 2.24) is 20.2 Å². The maximum atomic E-state index is 16.8. The second kappa shape index (κ2) is 11.2. The Kier molecular flexibility index (Phi) is 7.23. The van der Waals surface area contributed by atoms with Crippen LogP contribution in [0.2, 0.25) is 0 Å². The van der Waals surface area contributed by atoms with Gasteiger partial charge in [0.2, 0.25) is 0 Å². The maximum absolute atomic E-state index is 16.8. The van der Waals surface area contributed by atoms with Gasteiger partial charge in [-0.1, -0.05) is 12.5 Å². The van der Waals surface area contributed by atoms with Crippen LogP contribution < -0.4 is 20.7 Å². The van der Waals surface area contributed by atoms with E-state index in [9.17, 15) is 14.0 Å². The molecule has 8 rings (SSSR count). The van der Waals surface area contributed by atoms with Crippen molar-refractivity contribution >= 4 is 43.1 Å². The number of nitrogen functional groups attached to an aromatic ring is 1. The summed E-state index contributed by atoms with van der Waals surface area (Å²) >= 11 is 0.865. The molecule has 2 aromatic heterocycles. The van der Waals surface area contributed by atoms with Crippen LogP contribution in [0.3, 0.4) is 0 Å². The Bertz CT molecular complexity index is 1900. The van der Waals surface area contributed by atoms with Crippen LogP contribution in [-0.4, -0.2) is 72.5 Å². The van der Waals surface area contributed by atoms with Crippen LogP contribution in [0.15, 0.2) is 18.2 Å². The van der Waals surface area contributed by atoms with Crippen molar-refractivity contribution in [2.45, 2.75) is 56.8 Å². The SMILES string of the molecule is N#Cc1c(N)sc2c(F)ccc(-c3c(F)cc4c(N5CC6CCC(C5)N6)nc(OCC5(CN6CC[C@@H](F)C6)CCC5)nc4c3F)c12. The highest BCUT2D eigenvalue weighted by Gasteiger charge is 2.41. The molecule has 1 aliphatic carbocycles. The second-order valence-corrected chi connectivity index (χ2v) is 14.4. The average molecular weight is 652 g/mol. The molecule has 240 valence electrons. The highest BCUT2D eigenvalue weighted by molar-refractivity contribution is 7.23. The van der Waals surface area contributed by atoms with Gasteiger partial charge in [0.05, 0.1) is 22.4 Å². The van der Waals surface area contributed by atoms with E-state index in [0.717, 1.165) is 49.5 Å². The van der Waals surface area contributed by atoms with Gasteiger partial charge in [0.15, 0.2) is 5.82 Å². The molecule has 2 unspecified atom stereocenters. The van der Waals surface area contributed by atoms with E-state index in [2.05, 4.69) is 15.2 Å². The monoisotopic (exact) mass is 651 g/mol. The number of hydrogen-bond acceptors (Lipinski definition) is 9. The number of halogens is 4. The van der Waals surface area contributed by atoms with Gasteiger partial charge in [-0.3, -0.25) is 4.90 Å². The number of hydrogen-bond donors (Lipinski definition) is 2. The minimum absolute atomic E-state index is 0.0114. The highest BCUT2D eigenvalue weighted by Crippen LogP contribution is 2.45. The first kappa shape index (κ1) is 29.7. The second-order valence-electron chi connectivity index (χ2n) is 13.3. The van der Waals surface area contributed by atoms with Crippen molar-refractivity contribution in [1.29, 1.82) is 5.26 Å². The third-order valence-corrected chi connectivity index (χ3v) is 11.3. The number of nitrogens with zero attached hydrogens (tertiary/aromatic N) is 5. The lowest BCUT2D eigenvalue weighted by Gasteiger charge is -2.43. The van der Waals surface area contributed by atoms with Crippen LogP contribution in [-0.2, 0) is 0 Å². The van der Waals surface area contributed by atoms with Gasteiger partial charge in [0, 0.05) is 61.0 Å². The zero-order valence-corrected chi connectivity index (χ0v) is 25.9. The van der Waals surface area contributed by atoms with Crippen molar-refractivity contribution in [3.63, 3.8) is 0 Å². The fourth-order valence-electron chi connectivity index (χ4n) is 7.84. The van der Waals surface area contributed by atoms with E-state index in [4.69, 9.17) is 15.5 Å². The first-order valence-corrected chi connectivity index (χ1v) is 16.6. The number of aromatic nitrogens is 2. The molecule has 3 aliphatic heterocycles. The molecule has 3 N–H and O–H groups in total. The van der Waals surface area contributed by atoms with Gasteiger partial charge in [0.25, 0.3) is 0 Å². The molecule has 0 spiro atoms. The van der Waals surface area contributed by atoms with Crippen LogP contribution in [0.1, 0.15) is 44.1 Å². The number of anilines is 2. The topological polar surface area (TPSA) is 103 Å². The molecule has 1 saturated carbocycles. The number of nitriles is 1. The average Bonchev–Trinajstić information content (AvgIpc) is 3.70. The molecule has 2 aromatic carbocycles. The van der Waals surface area contributed by atoms with Gasteiger partial charge in [-0.15, -0.1) is 11.3 Å². The minimum atomic E-state index is -0.951. The first-order valence-electron chi connectivity index (χ1n) is 15.8. The fraction of sp³-hybridized carbons (Fsp3) is 0.485. The summed E-state index contributed by atoms with van der Waals surface area (Å²) in [6, 6.07) is 6.05. The first-order chi connectivity index (χ1) is 22.2. The van der Waals surface area contributed by atoms with Gasteiger partial charge in [-0.25, -0.2) is 17.6 Å². The number of fused-ring (bicyclic) bond motifs is 4. The summed E-state index contributed by atoms with van der Waals surface area (Å²) < 4.78 is 67.9. The molecule has 2 bridgehead atoms. The number of nitrogens with one attached hydrogen (secondary N) is 1. The van der Waals surface area contributed by atoms with Gasteiger partial charge in [-0.05, 0) is 49.8 Å². The summed E-state index contributed by atoms with van der Waals surface area (Å²) in [4.78, 5) is 13.4. The van der Waals surface area contributed by atoms with E-state index < -0.39 is 29.2 Å². The summed E-state index contributed by atoms with van der Waals surface area (Å²) in [6.45, 7) is 3.38. The standard InChI is InChI=1S/C33H33F4N7OS/c34-17-6-9-43(12-17)15-33(7-1-8-33)16-45-32-41-28-21(31(42-32)44-13-18-2-3-19(14-44)40-18)10-24(36)26(27(28)37)20-4-5-23(35)29-25(20)22(11-38)30(39)46-29/h4-5,10,17-19,40H,1-3,6-9,12-16,39H2/t17-,18?,19?/m1/s1. The zero-order chi connectivity index (χ0) is 31.7. The van der Waals surface area contributed by atoms with E-state index >= 15 is 8.78 Å². The van der Waals surface area contributed by atoms with E-state index in [1.165, 1.54) is 12.1 Å². The largest absolute Gasteiger partial charge is 0.463 e. The smallest absolute Gasteiger partial charge is 0.319 e. The summed E-state index contributed by atoms with van der Waals surface area (Å²) in [5.74, 6) is -2.07. The quantitative estimate of drug-likeness (QED) is 0.238. The predicted molar refractivity (Wildman–Crippen MR) is 169 cm³/mol. The maximum Gasteiger partial charge on any atom is 0.319 e. The Morgan fingerprint density at radius 3 is 2.54 bits per heavy atom. The summed E-state index contributed by atoms with van der Waals surface area (Å²) in [5, 5.41) is 13.7. The molecular formula is C33H33F4N7OS. The number of nitrogens with two attached hydrogens (primary N) is 1. The number of ether oxygens (including phenoxy) is 1. The van der Waals surface area contributed by atoms with Crippen LogP contribution in [0.5, 0.6) is 6.01 Å². The fourth-order valence-corrected chi connectivity index (χ4v) is 8.79. The normalized spacial score (nSPS) is 24.1. The zero-order valence-electron chi connectivity index (χ0n) is 25.1. The molecule has 3 atom stereocenters. The van der Waals surface area contributed by atoms with Gasteiger partial charge < -0.3 is 20.7 Å². The molecule has 8 nitrogen and oxygen atoms in total. The minimum Gasteiger partial charge on any atom is -0.463 e. The molecule has 0 radical (unpaired) electrons. The Hall–Kier alpha value is -3.73. The van der Waals surface area contributed by atoms with Crippen LogP contribution in [0.25, 0.3) is 32.1 Å². The van der Waals surface area contributed by atoms with Gasteiger partial charge in [-0.2, -0.15) is 15.2 Å². The van der Waals surface area contributed by atoms with E-state index in [0.29, 0.717) is 51.6 Å². The lowest BCUT2D eigenvalue weighted by atomic mass is 9.69. The van der Waals surface area contributed by atoms with Crippen LogP contribution in [0.4, 0.5) is 28.4 Å². The lowest BCUT2D eigenvalue weighted by molar-refractivity contribution is 0.0196. The molecule has 5 heterocycles. The van der Waals surface area contributed by atoms with E-state index in [1.54, 1.807) is 0 Å². The molecule has 4 aliphatic rings. The number of alkyl halides is 1. The number of thiophene rings is 1. The Balaban J connectivity index is 1.24. The Morgan fingerprint density at radius 1 is 1.09 bits per heavy atom. The van der Waals surface area contributed by atoms with Crippen molar-refractivity contribution in [3.8, 4) is 23.2 Å².